The Bertz CT molecular complexity index is 1220. The van der Waals surface area contributed by atoms with Gasteiger partial charge in [0.2, 0.25) is 17.7 Å². The van der Waals surface area contributed by atoms with Gasteiger partial charge in [-0.05, 0) is 88.8 Å². The number of nitrogens with one attached hydrogen (secondary N) is 3. The summed E-state index contributed by atoms with van der Waals surface area (Å²) in [6, 6.07) is 7.79. The highest BCUT2D eigenvalue weighted by Gasteiger charge is 2.24. The third-order valence-corrected chi connectivity index (χ3v) is 6.59. The third kappa shape index (κ3) is 13.7. The molecule has 0 aliphatic carbocycles. The Morgan fingerprint density at radius 3 is 1.91 bits per heavy atom. The van der Waals surface area contributed by atoms with E-state index in [4.69, 9.17) is 9.47 Å². The van der Waals surface area contributed by atoms with E-state index in [-0.39, 0.29) is 67.5 Å². The number of amides is 3. The lowest BCUT2D eigenvalue weighted by Gasteiger charge is -2.26. The number of aromatic hydroxyl groups is 4. The van der Waals surface area contributed by atoms with E-state index in [0.717, 1.165) is 5.56 Å². The Morgan fingerprint density at radius 1 is 0.814 bits per heavy atom. The molecule has 0 spiro atoms. The van der Waals surface area contributed by atoms with Gasteiger partial charge in [-0.3, -0.25) is 14.4 Å². The number of hydrogen-bond acceptors (Lipinski definition) is 9. The lowest BCUT2D eigenvalue weighted by atomic mass is 10.1. The molecule has 0 bridgehead atoms. The number of benzene rings is 2. The average molecular weight is 604 g/mol. The van der Waals surface area contributed by atoms with Gasteiger partial charge in [-0.25, -0.2) is 0 Å². The van der Waals surface area contributed by atoms with Crippen LogP contribution in [0.4, 0.5) is 0 Å². The number of hydrogen-bond donors (Lipinski definition) is 7. The van der Waals surface area contributed by atoms with E-state index in [1.54, 1.807) is 12.1 Å². The van der Waals surface area contributed by atoms with Gasteiger partial charge < -0.3 is 45.9 Å². The van der Waals surface area contributed by atoms with Crippen LogP contribution >= 0.6 is 0 Å². The molecule has 12 nitrogen and oxygen atoms in total. The molecular formula is C31H45N3O9. The molecule has 0 fully saturated rings. The Morgan fingerprint density at radius 2 is 1.37 bits per heavy atom. The van der Waals surface area contributed by atoms with Crippen molar-refractivity contribution in [2.75, 3.05) is 26.3 Å². The van der Waals surface area contributed by atoms with E-state index < -0.39 is 23.5 Å². The molecule has 43 heavy (non-hydrogen) atoms. The Labute approximate surface area is 252 Å². The average Bonchev–Trinajstić information content (AvgIpc) is 2.93. The summed E-state index contributed by atoms with van der Waals surface area (Å²) in [6.07, 6.45) is 1.43. The number of ether oxygens (including phenoxy) is 2. The molecule has 2 aromatic rings. The van der Waals surface area contributed by atoms with E-state index in [1.807, 2.05) is 27.7 Å². The van der Waals surface area contributed by atoms with Crippen molar-refractivity contribution >= 4 is 17.7 Å². The summed E-state index contributed by atoms with van der Waals surface area (Å²) in [6.45, 7) is 8.22. The van der Waals surface area contributed by atoms with E-state index in [0.29, 0.717) is 31.4 Å². The van der Waals surface area contributed by atoms with Gasteiger partial charge in [-0.2, -0.15) is 0 Å². The Kier molecular flexibility index (Phi) is 14.0. The van der Waals surface area contributed by atoms with Gasteiger partial charge in [0.05, 0.1) is 11.7 Å². The first-order valence-corrected chi connectivity index (χ1v) is 14.4. The van der Waals surface area contributed by atoms with Crippen LogP contribution in [-0.2, 0) is 36.7 Å². The number of phenols is 4. The van der Waals surface area contributed by atoms with Gasteiger partial charge in [0.15, 0.2) is 23.0 Å². The largest absolute Gasteiger partial charge is 0.504 e. The highest BCUT2D eigenvalue weighted by Crippen LogP contribution is 2.25. The normalized spacial score (nSPS) is 12.1. The quantitative estimate of drug-likeness (QED) is 0.126. The number of phenolic OH excluding ortho intramolecular Hbond substituents is 4. The fourth-order valence-electron chi connectivity index (χ4n) is 3.99. The third-order valence-electron chi connectivity index (χ3n) is 6.59. The molecule has 0 aliphatic rings. The number of rotatable bonds is 18. The summed E-state index contributed by atoms with van der Waals surface area (Å²) in [4.78, 5) is 38.3. The zero-order valence-electron chi connectivity index (χ0n) is 25.3. The molecule has 2 aromatic carbocycles. The van der Waals surface area contributed by atoms with Crippen molar-refractivity contribution in [3.63, 3.8) is 0 Å². The summed E-state index contributed by atoms with van der Waals surface area (Å²) in [5.41, 5.74) is 0.781. The zero-order chi connectivity index (χ0) is 32.0. The van der Waals surface area contributed by atoms with Crippen molar-refractivity contribution in [1.29, 1.82) is 0 Å². The minimum atomic E-state index is -1.00. The second-order valence-electron chi connectivity index (χ2n) is 11.2. The monoisotopic (exact) mass is 603 g/mol. The van der Waals surface area contributed by atoms with Crippen LogP contribution in [0.15, 0.2) is 36.4 Å². The van der Waals surface area contributed by atoms with Gasteiger partial charge in [0.1, 0.15) is 12.6 Å². The van der Waals surface area contributed by atoms with Crippen LogP contribution in [0.1, 0.15) is 58.1 Å². The second kappa shape index (κ2) is 17.2. The second-order valence-corrected chi connectivity index (χ2v) is 11.2. The molecule has 0 radical (unpaired) electrons. The summed E-state index contributed by atoms with van der Waals surface area (Å²) in [5, 5.41) is 46.4. The van der Waals surface area contributed by atoms with Gasteiger partial charge in [-0.1, -0.05) is 12.1 Å². The highest BCUT2D eigenvalue weighted by molar-refractivity contribution is 5.88. The fraction of sp³-hybridized carbons (Fsp3) is 0.516. The molecule has 3 amide bonds. The zero-order valence-corrected chi connectivity index (χ0v) is 25.3. The SMILES string of the molecule is CC(C)OCCC(C)(C)OCC(=O)NC(CCC(=O)NCCc1ccc(O)c(O)c1)C(=O)NCCc1ccc(O)c(O)c1. The molecule has 0 aromatic heterocycles. The predicted molar refractivity (Wildman–Crippen MR) is 160 cm³/mol. The Hall–Kier alpha value is -4.03. The lowest BCUT2D eigenvalue weighted by Crippen LogP contribution is -2.49. The standard InChI is InChI=1S/C31H45N3O9/c1-20(2)42-16-13-31(3,4)43-19-29(40)34-23(30(41)33-15-12-22-6-9-25(36)27(38)18-22)7-10-28(39)32-14-11-21-5-8-24(35)26(37)17-21/h5-6,8-9,17-18,20,23,35-38H,7,10-16,19H2,1-4H3,(H,32,39)(H,33,41)(H,34,40). The Balaban J connectivity index is 1.91. The molecule has 0 aliphatic heterocycles. The van der Waals surface area contributed by atoms with Crippen LogP contribution in [0.2, 0.25) is 0 Å². The molecule has 2 rings (SSSR count). The smallest absolute Gasteiger partial charge is 0.246 e. The highest BCUT2D eigenvalue weighted by atomic mass is 16.5. The number of carbonyl (C=O) groups is 3. The van der Waals surface area contributed by atoms with E-state index in [9.17, 15) is 34.8 Å². The van der Waals surface area contributed by atoms with Gasteiger partial charge >= 0.3 is 0 Å². The summed E-state index contributed by atoms with van der Waals surface area (Å²) in [5.74, 6) is -2.28. The molecule has 12 heteroatoms. The molecule has 0 saturated carbocycles. The molecule has 7 N–H and O–H groups in total. The van der Waals surface area contributed by atoms with Crippen molar-refractivity contribution in [2.45, 2.75) is 77.5 Å². The van der Waals surface area contributed by atoms with Crippen molar-refractivity contribution in [2.24, 2.45) is 0 Å². The van der Waals surface area contributed by atoms with Crippen LogP contribution in [0, 0.1) is 0 Å². The van der Waals surface area contributed by atoms with Crippen LogP contribution in [0.5, 0.6) is 23.0 Å². The molecule has 0 heterocycles. The maximum Gasteiger partial charge on any atom is 0.246 e. The maximum atomic E-state index is 13.0. The minimum Gasteiger partial charge on any atom is -0.504 e. The maximum absolute atomic E-state index is 13.0. The summed E-state index contributed by atoms with van der Waals surface area (Å²) in [7, 11) is 0. The molecule has 238 valence electrons. The molecule has 1 atom stereocenters. The minimum absolute atomic E-state index is 0.0367. The first kappa shape index (κ1) is 35.2. The molecule has 1 unspecified atom stereocenters. The van der Waals surface area contributed by atoms with Crippen molar-refractivity contribution in [3.05, 3.63) is 47.5 Å². The lowest BCUT2D eigenvalue weighted by molar-refractivity contribution is -0.136. The van der Waals surface area contributed by atoms with Crippen molar-refractivity contribution in [3.8, 4) is 23.0 Å². The van der Waals surface area contributed by atoms with Crippen molar-refractivity contribution in [1.82, 2.24) is 16.0 Å². The van der Waals surface area contributed by atoms with Crippen molar-refractivity contribution < 1.29 is 44.3 Å². The van der Waals surface area contributed by atoms with Crippen LogP contribution in [0.3, 0.4) is 0 Å². The summed E-state index contributed by atoms with van der Waals surface area (Å²) >= 11 is 0. The number of carbonyl (C=O) groups excluding carboxylic acids is 3. The first-order valence-electron chi connectivity index (χ1n) is 14.4. The topological polar surface area (TPSA) is 187 Å². The predicted octanol–water partition coefficient (Wildman–Crippen LogP) is 2.40. The first-order chi connectivity index (χ1) is 20.3. The fourth-order valence-corrected chi connectivity index (χ4v) is 3.99. The molecule has 0 saturated heterocycles. The summed E-state index contributed by atoms with van der Waals surface area (Å²) < 4.78 is 11.3. The van der Waals surface area contributed by atoms with Crippen LogP contribution in [0.25, 0.3) is 0 Å². The van der Waals surface area contributed by atoms with Gasteiger partial charge in [-0.15, -0.1) is 0 Å². The van der Waals surface area contributed by atoms with E-state index >= 15 is 0 Å². The van der Waals surface area contributed by atoms with Crippen LogP contribution in [-0.4, -0.2) is 82.2 Å². The van der Waals surface area contributed by atoms with Gasteiger partial charge in [0.25, 0.3) is 0 Å². The van der Waals surface area contributed by atoms with Gasteiger partial charge in [0, 0.05) is 26.1 Å². The van der Waals surface area contributed by atoms with E-state index in [2.05, 4.69) is 16.0 Å². The molecular weight excluding hydrogens is 558 g/mol. The van der Waals surface area contributed by atoms with Crippen LogP contribution < -0.4 is 16.0 Å². The van der Waals surface area contributed by atoms with E-state index in [1.165, 1.54) is 24.3 Å².